The van der Waals surface area contributed by atoms with Gasteiger partial charge in [-0.25, -0.2) is 4.79 Å². The van der Waals surface area contributed by atoms with Crippen LogP contribution in [0.3, 0.4) is 0 Å². The highest BCUT2D eigenvalue weighted by molar-refractivity contribution is 9.10. The van der Waals surface area contributed by atoms with Gasteiger partial charge >= 0.3 is 6.03 Å². The minimum atomic E-state index is -0.524. The van der Waals surface area contributed by atoms with E-state index in [4.69, 9.17) is 4.74 Å². The number of amides is 4. The van der Waals surface area contributed by atoms with Crippen LogP contribution in [0.4, 0.5) is 4.79 Å². The van der Waals surface area contributed by atoms with Gasteiger partial charge in [0.15, 0.2) is 0 Å². The van der Waals surface area contributed by atoms with Crippen LogP contribution in [0, 0.1) is 0 Å². The fourth-order valence-corrected chi connectivity index (χ4v) is 3.13. The lowest BCUT2D eigenvalue weighted by atomic mass is 10.1. The lowest BCUT2D eigenvalue weighted by Gasteiger charge is -2.42. The molecule has 2 heterocycles. The maximum Gasteiger partial charge on any atom is 0.324 e. The van der Waals surface area contributed by atoms with Crippen molar-refractivity contribution >= 4 is 33.8 Å². The molecule has 2 saturated heterocycles. The molecule has 7 nitrogen and oxygen atoms in total. The van der Waals surface area contributed by atoms with E-state index < -0.39 is 16.5 Å². The Morgan fingerprint density at radius 3 is 2.71 bits per heavy atom. The molecule has 2 unspecified atom stereocenters. The Labute approximate surface area is 132 Å². The van der Waals surface area contributed by atoms with Crippen LogP contribution in [-0.2, 0) is 14.3 Å². The molecule has 0 spiro atoms. The number of hydrogen-bond donors (Lipinski definition) is 1. The standard InChI is InChI=1S/C13H20BrN3O4/c1-8-4-17(7-13(2,3)21-8)10(18)6-16-5-9(14)11(19)15-12(16)20/h8-9H,4-7H2,1-3H3,(H,15,19,20). The molecule has 0 aromatic rings. The Kier molecular flexibility index (Phi) is 4.57. The van der Waals surface area contributed by atoms with E-state index in [-0.39, 0.29) is 31.0 Å². The number of carbonyl (C=O) groups is 3. The van der Waals surface area contributed by atoms with Crippen molar-refractivity contribution in [3.8, 4) is 0 Å². The predicted octanol–water partition coefficient (Wildman–Crippen LogP) is 0.328. The molecule has 2 fully saturated rings. The zero-order valence-corrected chi connectivity index (χ0v) is 14.0. The third-order valence-electron chi connectivity index (χ3n) is 3.43. The summed E-state index contributed by atoms with van der Waals surface area (Å²) in [5.41, 5.74) is -0.397. The molecule has 2 aliphatic heterocycles. The molecule has 1 N–H and O–H groups in total. The summed E-state index contributed by atoms with van der Waals surface area (Å²) < 4.78 is 5.76. The quantitative estimate of drug-likeness (QED) is 0.718. The summed E-state index contributed by atoms with van der Waals surface area (Å²) in [5, 5.41) is 2.22. The van der Waals surface area contributed by atoms with Gasteiger partial charge in [-0.15, -0.1) is 0 Å². The zero-order chi connectivity index (χ0) is 15.8. The van der Waals surface area contributed by atoms with Gasteiger partial charge in [-0.05, 0) is 20.8 Å². The van der Waals surface area contributed by atoms with E-state index >= 15 is 0 Å². The summed E-state index contributed by atoms with van der Waals surface area (Å²) in [6.45, 7) is 6.94. The average molecular weight is 362 g/mol. The summed E-state index contributed by atoms with van der Waals surface area (Å²) in [6, 6.07) is -0.524. The van der Waals surface area contributed by atoms with Crippen molar-refractivity contribution in [2.45, 2.75) is 37.3 Å². The number of nitrogens with zero attached hydrogens (tertiary/aromatic N) is 2. The molecule has 2 aliphatic rings. The van der Waals surface area contributed by atoms with Crippen molar-refractivity contribution in [2.24, 2.45) is 0 Å². The SMILES string of the molecule is CC1CN(C(=O)CN2CC(Br)C(=O)NC2=O)CC(C)(C)O1. The highest BCUT2D eigenvalue weighted by atomic mass is 79.9. The number of morpholine rings is 1. The molecular formula is C13H20BrN3O4. The zero-order valence-electron chi connectivity index (χ0n) is 12.4. The summed E-state index contributed by atoms with van der Waals surface area (Å²) in [6.07, 6.45) is -0.0432. The van der Waals surface area contributed by atoms with E-state index in [2.05, 4.69) is 21.2 Å². The minimum absolute atomic E-state index is 0.0377. The third-order valence-corrected chi connectivity index (χ3v) is 4.14. The number of urea groups is 1. The van der Waals surface area contributed by atoms with E-state index in [0.29, 0.717) is 13.1 Å². The number of halogens is 1. The van der Waals surface area contributed by atoms with Gasteiger partial charge in [0.2, 0.25) is 11.8 Å². The maximum absolute atomic E-state index is 12.4. The van der Waals surface area contributed by atoms with Crippen LogP contribution in [0.1, 0.15) is 20.8 Å². The molecule has 21 heavy (non-hydrogen) atoms. The van der Waals surface area contributed by atoms with Gasteiger partial charge in [-0.3, -0.25) is 14.9 Å². The first-order valence-electron chi connectivity index (χ1n) is 6.87. The van der Waals surface area contributed by atoms with Crippen LogP contribution in [0.2, 0.25) is 0 Å². The Morgan fingerprint density at radius 1 is 1.43 bits per heavy atom. The van der Waals surface area contributed by atoms with Crippen molar-refractivity contribution in [2.75, 3.05) is 26.2 Å². The fraction of sp³-hybridized carbons (Fsp3) is 0.769. The van der Waals surface area contributed by atoms with Gasteiger partial charge in [-0.1, -0.05) is 15.9 Å². The van der Waals surface area contributed by atoms with Gasteiger partial charge in [0.1, 0.15) is 11.4 Å². The van der Waals surface area contributed by atoms with E-state index in [9.17, 15) is 14.4 Å². The molecular weight excluding hydrogens is 342 g/mol. The van der Waals surface area contributed by atoms with Crippen LogP contribution >= 0.6 is 15.9 Å². The molecule has 8 heteroatoms. The molecule has 0 bridgehead atoms. The largest absolute Gasteiger partial charge is 0.369 e. The van der Waals surface area contributed by atoms with Gasteiger partial charge in [-0.2, -0.15) is 0 Å². The van der Waals surface area contributed by atoms with Crippen molar-refractivity contribution in [1.29, 1.82) is 0 Å². The first-order valence-corrected chi connectivity index (χ1v) is 7.79. The number of carbonyl (C=O) groups excluding carboxylic acids is 3. The van der Waals surface area contributed by atoms with Gasteiger partial charge in [0, 0.05) is 19.6 Å². The molecule has 0 saturated carbocycles. The smallest absolute Gasteiger partial charge is 0.324 e. The van der Waals surface area contributed by atoms with Crippen LogP contribution in [-0.4, -0.2) is 70.4 Å². The van der Waals surface area contributed by atoms with Crippen molar-refractivity contribution in [3.63, 3.8) is 0 Å². The maximum atomic E-state index is 12.4. The summed E-state index contributed by atoms with van der Waals surface area (Å²) in [5.74, 6) is -0.507. The molecule has 4 amide bonds. The Balaban J connectivity index is 1.98. The second-order valence-corrected chi connectivity index (χ2v) is 7.21. The van der Waals surface area contributed by atoms with Crippen molar-refractivity contribution in [3.05, 3.63) is 0 Å². The normalized spacial score (nSPS) is 29.3. The van der Waals surface area contributed by atoms with Crippen LogP contribution in [0.15, 0.2) is 0 Å². The van der Waals surface area contributed by atoms with Crippen molar-refractivity contribution < 1.29 is 19.1 Å². The van der Waals surface area contributed by atoms with E-state index in [1.807, 2.05) is 20.8 Å². The predicted molar refractivity (Wildman–Crippen MR) is 79.0 cm³/mol. The van der Waals surface area contributed by atoms with Crippen LogP contribution < -0.4 is 5.32 Å². The highest BCUT2D eigenvalue weighted by Crippen LogP contribution is 2.21. The first-order chi connectivity index (χ1) is 9.68. The Hall–Kier alpha value is -1.15. The fourth-order valence-electron chi connectivity index (χ4n) is 2.67. The molecule has 118 valence electrons. The lowest BCUT2D eigenvalue weighted by molar-refractivity contribution is -0.158. The Morgan fingerprint density at radius 2 is 2.10 bits per heavy atom. The number of ether oxygens (including phenoxy) is 1. The monoisotopic (exact) mass is 361 g/mol. The van der Waals surface area contributed by atoms with Crippen LogP contribution in [0.5, 0.6) is 0 Å². The summed E-state index contributed by atoms with van der Waals surface area (Å²) in [7, 11) is 0. The minimum Gasteiger partial charge on any atom is -0.369 e. The van der Waals surface area contributed by atoms with Gasteiger partial charge < -0.3 is 14.5 Å². The topological polar surface area (TPSA) is 79.0 Å². The van der Waals surface area contributed by atoms with Gasteiger partial charge in [0.05, 0.1) is 11.7 Å². The Bertz CT molecular complexity index is 468. The average Bonchev–Trinajstić information content (AvgIpc) is 2.33. The molecule has 0 aromatic heterocycles. The number of nitrogens with one attached hydrogen (secondary N) is 1. The number of rotatable bonds is 2. The molecule has 0 aromatic carbocycles. The molecule has 0 radical (unpaired) electrons. The van der Waals surface area contributed by atoms with E-state index in [0.717, 1.165) is 0 Å². The second-order valence-electron chi connectivity index (χ2n) is 6.10. The van der Waals surface area contributed by atoms with Crippen molar-refractivity contribution in [1.82, 2.24) is 15.1 Å². The number of hydrogen-bond acceptors (Lipinski definition) is 4. The lowest BCUT2D eigenvalue weighted by Crippen LogP contribution is -2.60. The van der Waals surface area contributed by atoms with Gasteiger partial charge in [0.25, 0.3) is 0 Å². The highest BCUT2D eigenvalue weighted by Gasteiger charge is 2.36. The molecule has 2 rings (SSSR count). The first kappa shape index (κ1) is 16.2. The summed E-state index contributed by atoms with van der Waals surface area (Å²) >= 11 is 3.18. The number of alkyl halides is 1. The number of imide groups is 1. The van der Waals surface area contributed by atoms with E-state index in [1.54, 1.807) is 4.90 Å². The van der Waals surface area contributed by atoms with E-state index in [1.165, 1.54) is 4.90 Å². The second kappa shape index (κ2) is 5.92. The van der Waals surface area contributed by atoms with Crippen LogP contribution in [0.25, 0.3) is 0 Å². The molecule has 0 aliphatic carbocycles. The summed E-state index contributed by atoms with van der Waals surface area (Å²) in [4.78, 5) is 38.0. The molecule has 2 atom stereocenters. The third kappa shape index (κ3) is 3.94.